The Bertz CT molecular complexity index is 423. The minimum Gasteiger partial charge on any atom is -0.392 e. The number of aliphatic hydroxyl groups excluding tert-OH is 1. The summed E-state index contributed by atoms with van der Waals surface area (Å²) in [6.07, 6.45) is 5.41. The molecule has 1 aliphatic heterocycles. The van der Waals surface area contributed by atoms with E-state index in [1.165, 1.54) is 19.3 Å². The molecule has 0 saturated carbocycles. The average molecular weight is 283 g/mol. The molecule has 0 spiro atoms. The third-order valence-electron chi connectivity index (χ3n) is 4.08. The van der Waals surface area contributed by atoms with Crippen molar-refractivity contribution in [1.29, 1.82) is 0 Å². The highest BCUT2D eigenvalue weighted by Gasteiger charge is 2.21. The van der Waals surface area contributed by atoms with Gasteiger partial charge in [-0.3, -0.25) is 0 Å². The standard InChI is InChI=1S/C15H23ClN2O/c1-11(2)13-4-3-6-18(7-5-13)15-14(16)8-12(10-19)9-17-15/h8-9,11,13,19H,3-7,10H2,1-2H3. The van der Waals surface area contributed by atoms with Gasteiger partial charge in [0.25, 0.3) is 0 Å². The first-order chi connectivity index (χ1) is 9.11. The van der Waals surface area contributed by atoms with Crippen LogP contribution in [0.2, 0.25) is 5.02 Å². The van der Waals surface area contributed by atoms with Gasteiger partial charge in [0, 0.05) is 19.3 Å². The number of rotatable bonds is 3. The van der Waals surface area contributed by atoms with Crippen molar-refractivity contribution in [3.05, 3.63) is 22.8 Å². The van der Waals surface area contributed by atoms with Gasteiger partial charge in [-0.05, 0) is 42.7 Å². The molecule has 106 valence electrons. The van der Waals surface area contributed by atoms with E-state index in [4.69, 9.17) is 16.7 Å². The molecule has 0 bridgehead atoms. The minimum absolute atomic E-state index is 0.0115. The molecule has 1 fully saturated rings. The first kappa shape index (κ1) is 14.6. The van der Waals surface area contributed by atoms with E-state index >= 15 is 0 Å². The number of nitrogens with zero attached hydrogens (tertiary/aromatic N) is 2. The van der Waals surface area contributed by atoms with E-state index in [2.05, 4.69) is 23.7 Å². The highest BCUT2D eigenvalue weighted by atomic mass is 35.5. The molecule has 1 aromatic heterocycles. The molecule has 0 aliphatic carbocycles. The van der Waals surface area contributed by atoms with Gasteiger partial charge in [0.2, 0.25) is 0 Å². The summed E-state index contributed by atoms with van der Waals surface area (Å²) in [5.41, 5.74) is 0.767. The Balaban J connectivity index is 2.10. The Morgan fingerprint density at radius 3 is 2.84 bits per heavy atom. The first-order valence-electron chi connectivity index (χ1n) is 7.12. The van der Waals surface area contributed by atoms with Crippen molar-refractivity contribution >= 4 is 17.4 Å². The maximum absolute atomic E-state index is 9.09. The van der Waals surface area contributed by atoms with Crippen LogP contribution < -0.4 is 4.90 Å². The van der Waals surface area contributed by atoms with E-state index in [1.54, 1.807) is 6.20 Å². The second-order valence-electron chi connectivity index (χ2n) is 5.73. The monoisotopic (exact) mass is 282 g/mol. The van der Waals surface area contributed by atoms with Gasteiger partial charge in [-0.2, -0.15) is 0 Å². The molecule has 3 nitrogen and oxygen atoms in total. The normalized spacial score (nSPS) is 20.7. The number of hydrogen-bond donors (Lipinski definition) is 1. The molecule has 0 aromatic carbocycles. The van der Waals surface area contributed by atoms with Gasteiger partial charge < -0.3 is 10.0 Å². The molecule has 1 atom stereocenters. The molecule has 1 aliphatic rings. The van der Waals surface area contributed by atoms with E-state index < -0.39 is 0 Å². The zero-order chi connectivity index (χ0) is 13.8. The Morgan fingerprint density at radius 2 is 2.21 bits per heavy atom. The van der Waals surface area contributed by atoms with Crippen LogP contribution in [-0.2, 0) is 6.61 Å². The van der Waals surface area contributed by atoms with E-state index in [9.17, 15) is 0 Å². The van der Waals surface area contributed by atoms with Crippen LogP contribution >= 0.6 is 11.6 Å². The number of aromatic nitrogens is 1. The lowest BCUT2D eigenvalue weighted by atomic mass is 9.89. The zero-order valence-corrected chi connectivity index (χ0v) is 12.5. The summed E-state index contributed by atoms with van der Waals surface area (Å²) < 4.78 is 0. The Morgan fingerprint density at radius 1 is 1.42 bits per heavy atom. The molecule has 19 heavy (non-hydrogen) atoms. The van der Waals surface area contributed by atoms with Gasteiger partial charge in [0.15, 0.2) is 0 Å². The fourth-order valence-electron chi connectivity index (χ4n) is 2.79. The SMILES string of the molecule is CC(C)C1CCCN(c2ncc(CO)cc2Cl)CC1. The summed E-state index contributed by atoms with van der Waals surface area (Å²) in [5.74, 6) is 2.42. The van der Waals surface area contributed by atoms with Crippen LogP contribution in [-0.4, -0.2) is 23.2 Å². The Labute approximate surface area is 120 Å². The van der Waals surface area contributed by atoms with Gasteiger partial charge in [0.05, 0.1) is 11.6 Å². The lowest BCUT2D eigenvalue weighted by molar-refractivity contribution is 0.281. The molecule has 4 heteroatoms. The fraction of sp³-hybridized carbons (Fsp3) is 0.667. The Kier molecular flexibility index (Phi) is 5.06. The minimum atomic E-state index is -0.0115. The molecular formula is C15H23ClN2O. The molecule has 0 amide bonds. The molecule has 2 rings (SSSR count). The van der Waals surface area contributed by atoms with E-state index in [-0.39, 0.29) is 6.61 Å². The van der Waals surface area contributed by atoms with Crippen molar-refractivity contribution in [3.63, 3.8) is 0 Å². The fourth-order valence-corrected chi connectivity index (χ4v) is 3.10. The van der Waals surface area contributed by atoms with Gasteiger partial charge in [0.1, 0.15) is 5.82 Å². The number of hydrogen-bond acceptors (Lipinski definition) is 3. The largest absolute Gasteiger partial charge is 0.392 e. The van der Waals surface area contributed by atoms with Crippen LogP contribution in [0.3, 0.4) is 0 Å². The quantitative estimate of drug-likeness (QED) is 0.922. The first-order valence-corrected chi connectivity index (χ1v) is 7.50. The summed E-state index contributed by atoms with van der Waals surface area (Å²) in [7, 11) is 0. The average Bonchev–Trinajstić information content (AvgIpc) is 2.64. The molecule has 0 radical (unpaired) electrons. The van der Waals surface area contributed by atoms with Gasteiger partial charge in [-0.25, -0.2) is 4.98 Å². The number of pyridine rings is 1. The third kappa shape index (κ3) is 3.61. The third-order valence-corrected chi connectivity index (χ3v) is 4.35. The van der Waals surface area contributed by atoms with Crippen LogP contribution in [0, 0.1) is 11.8 Å². The lowest BCUT2D eigenvalue weighted by Gasteiger charge is -2.23. The smallest absolute Gasteiger partial charge is 0.147 e. The maximum atomic E-state index is 9.09. The second-order valence-corrected chi connectivity index (χ2v) is 6.14. The van der Waals surface area contributed by atoms with Gasteiger partial charge in [-0.1, -0.05) is 25.4 Å². The van der Waals surface area contributed by atoms with Crippen molar-refractivity contribution < 1.29 is 5.11 Å². The van der Waals surface area contributed by atoms with Crippen LogP contribution in [0.5, 0.6) is 0 Å². The molecular weight excluding hydrogens is 260 g/mol. The van der Waals surface area contributed by atoms with Crippen molar-refractivity contribution in [3.8, 4) is 0 Å². The summed E-state index contributed by atoms with van der Waals surface area (Å²) in [4.78, 5) is 6.70. The summed E-state index contributed by atoms with van der Waals surface area (Å²) >= 11 is 6.28. The van der Waals surface area contributed by atoms with Crippen molar-refractivity contribution in [2.75, 3.05) is 18.0 Å². The van der Waals surface area contributed by atoms with Crippen LogP contribution in [0.1, 0.15) is 38.7 Å². The van der Waals surface area contributed by atoms with Crippen molar-refractivity contribution in [2.24, 2.45) is 11.8 Å². The number of halogens is 1. The predicted octanol–water partition coefficient (Wildman–Crippen LogP) is 3.49. The highest BCUT2D eigenvalue weighted by Crippen LogP contribution is 2.30. The topological polar surface area (TPSA) is 36.4 Å². The summed E-state index contributed by atoms with van der Waals surface area (Å²) in [6, 6.07) is 1.81. The summed E-state index contributed by atoms with van der Waals surface area (Å²) in [6.45, 7) is 6.65. The highest BCUT2D eigenvalue weighted by molar-refractivity contribution is 6.33. The molecule has 2 heterocycles. The molecule has 1 N–H and O–H groups in total. The predicted molar refractivity (Wildman–Crippen MR) is 79.6 cm³/mol. The summed E-state index contributed by atoms with van der Waals surface area (Å²) in [5, 5.41) is 9.74. The van der Waals surface area contributed by atoms with Gasteiger partial charge in [-0.15, -0.1) is 0 Å². The number of anilines is 1. The molecule has 1 unspecified atom stereocenters. The van der Waals surface area contributed by atoms with E-state index in [1.807, 2.05) is 6.07 Å². The van der Waals surface area contributed by atoms with Gasteiger partial charge >= 0.3 is 0 Å². The van der Waals surface area contributed by atoms with Crippen LogP contribution in [0.15, 0.2) is 12.3 Å². The molecule has 1 saturated heterocycles. The second kappa shape index (κ2) is 6.58. The van der Waals surface area contributed by atoms with Crippen LogP contribution in [0.25, 0.3) is 0 Å². The Hall–Kier alpha value is -0.800. The van der Waals surface area contributed by atoms with Crippen molar-refractivity contribution in [2.45, 2.75) is 39.7 Å². The number of aliphatic hydroxyl groups is 1. The zero-order valence-electron chi connectivity index (χ0n) is 11.8. The van der Waals surface area contributed by atoms with E-state index in [0.717, 1.165) is 36.3 Å². The van der Waals surface area contributed by atoms with E-state index in [0.29, 0.717) is 5.02 Å². The maximum Gasteiger partial charge on any atom is 0.147 e. The van der Waals surface area contributed by atoms with Crippen LogP contribution in [0.4, 0.5) is 5.82 Å². The van der Waals surface area contributed by atoms with Crippen molar-refractivity contribution in [1.82, 2.24) is 4.98 Å². The molecule has 1 aromatic rings. The lowest BCUT2D eigenvalue weighted by Crippen LogP contribution is -2.25.